The number of aromatic nitrogens is 2. The maximum Gasteiger partial charge on any atom is 0.272 e. The van der Waals surface area contributed by atoms with E-state index in [0.29, 0.717) is 28.9 Å². The van der Waals surface area contributed by atoms with E-state index >= 15 is 0 Å². The van der Waals surface area contributed by atoms with Gasteiger partial charge in [-0.2, -0.15) is 5.10 Å². The van der Waals surface area contributed by atoms with Crippen molar-refractivity contribution in [2.24, 2.45) is 5.73 Å². The van der Waals surface area contributed by atoms with Crippen molar-refractivity contribution in [3.63, 3.8) is 0 Å². The van der Waals surface area contributed by atoms with Crippen LogP contribution in [0.5, 0.6) is 0 Å². The molecule has 0 aliphatic carbocycles. The Hall–Kier alpha value is -3.48. The predicted molar refractivity (Wildman–Crippen MR) is 117 cm³/mol. The molecule has 0 aliphatic heterocycles. The van der Waals surface area contributed by atoms with Gasteiger partial charge in [0.15, 0.2) is 0 Å². The SMILES string of the molecule is Cl.NCc1ccc(C(=O)Nc2cccc(-c3n[nH]c(=O)c4ccccc34)c2)cc1. The van der Waals surface area contributed by atoms with E-state index in [1.54, 1.807) is 18.2 Å². The van der Waals surface area contributed by atoms with E-state index in [1.807, 2.05) is 54.6 Å². The third kappa shape index (κ3) is 4.18. The zero-order chi connectivity index (χ0) is 19.5. The molecular weight excluding hydrogens is 388 g/mol. The minimum Gasteiger partial charge on any atom is -0.326 e. The summed E-state index contributed by atoms with van der Waals surface area (Å²) in [7, 11) is 0. The number of anilines is 1. The molecule has 7 heteroatoms. The molecule has 29 heavy (non-hydrogen) atoms. The fourth-order valence-corrected chi connectivity index (χ4v) is 3.07. The van der Waals surface area contributed by atoms with Gasteiger partial charge in [-0.3, -0.25) is 9.59 Å². The average Bonchev–Trinajstić information content (AvgIpc) is 2.74. The average molecular weight is 407 g/mol. The molecular formula is C22H19ClN4O2. The van der Waals surface area contributed by atoms with Crippen LogP contribution in [-0.2, 0) is 6.54 Å². The van der Waals surface area contributed by atoms with Crippen molar-refractivity contribution in [3.05, 3.63) is 94.3 Å². The first-order valence-corrected chi connectivity index (χ1v) is 8.84. The number of aromatic amines is 1. The first kappa shape index (κ1) is 20.3. The zero-order valence-electron chi connectivity index (χ0n) is 15.4. The Morgan fingerprint density at radius 1 is 0.966 bits per heavy atom. The van der Waals surface area contributed by atoms with Gasteiger partial charge in [0.1, 0.15) is 0 Å². The van der Waals surface area contributed by atoms with Gasteiger partial charge in [0.2, 0.25) is 0 Å². The van der Waals surface area contributed by atoms with Crippen LogP contribution in [-0.4, -0.2) is 16.1 Å². The topological polar surface area (TPSA) is 101 Å². The molecule has 1 heterocycles. The van der Waals surface area contributed by atoms with Gasteiger partial charge in [0, 0.05) is 28.7 Å². The Kier molecular flexibility index (Phi) is 6.07. The van der Waals surface area contributed by atoms with Gasteiger partial charge in [0.05, 0.1) is 11.1 Å². The standard InChI is InChI=1S/C22H18N4O2.ClH/c23-13-14-8-10-15(11-9-14)21(27)24-17-5-3-4-16(12-17)20-18-6-1-2-7-19(18)22(28)26-25-20;/h1-12H,13,23H2,(H,24,27)(H,26,28);1H. The Bertz CT molecular complexity index is 1220. The molecule has 0 spiro atoms. The number of nitrogens with one attached hydrogen (secondary N) is 2. The predicted octanol–water partition coefficient (Wildman–Crippen LogP) is 3.72. The third-order valence-corrected chi connectivity index (χ3v) is 4.54. The Labute approximate surface area is 173 Å². The molecule has 4 aromatic rings. The van der Waals surface area contributed by atoms with Gasteiger partial charge >= 0.3 is 0 Å². The summed E-state index contributed by atoms with van der Waals surface area (Å²) >= 11 is 0. The fourth-order valence-electron chi connectivity index (χ4n) is 3.07. The lowest BCUT2D eigenvalue weighted by Crippen LogP contribution is -2.12. The second-order valence-electron chi connectivity index (χ2n) is 6.38. The van der Waals surface area contributed by atoms with Crippen LogP contribution in [0.4, 0.5) is 5.69 Å². The van der Waals surface area contributed by atoms with Crippen LogP contribution in [0.15, 0.2) is 77.6 Å². The summed E-state index contributed by atoms with van der Waals surface area (Å²) in [5.41, 5.74) is 8.97. The maximum atomic E-state index is 12.5. The molecule has 0 radical (unpaired) electrons. The summed E-state index contributed by atoms with van der Waals surface area (Å²) in [6, 6.07) is 21.8. The maximum absolute atomic E-state index is 12.5. The summed E-state index contributed by atoms with van der Waals surface area (Å²) in [5.74, 6) is -0.208. The highest BCUT2D eigenvalue weighted by atomic mass is 35.5. The second kappa shape index (κ2) is 8.68. The number of fused-ring (bicyclic) bond motifs is 1. The van der Waals surface area contributed by atoms with Crippen molar-refractivity contribution in [2.45, 2.75) is 6.54 Å². The van der Waals surface area contributed by atoms with Crippen LogP contribution < -0.4 is 16.6 Å². The highest BCUT2D eigenvalue weighted by molar-refractivity contribution is 6.04. The number of amides is 1. The van der Waals surface area contributed by atoms with Crippen LogP contribution in [0.3, 0.4) is 0 Å². The van der Waals surface area contributed by atoms with Crippen molar-refractivity contribution in [2.75, 3.05) is 5.32 Å². The second-order valence-corrected chi connectivity index (χ2v) is 6.38. The molecule has 0 atom stereocenters. The van der Waals surface area contributed by atoms with Gasteiger partial charge in [-0.1, -0.05) is 42.5 Å². The number of nitrogens with zero attached hydrogens (tertiary/aromatic N) is 1. The van der Waals surface area contributed by atoms with Gasteiger partial charge < -0.3 is 11.1 Å². The number of halogens is 1. The Balaban J connectivity index is 0.00000240. The summed E-state index contributed by atoms with van der Waals surface area (Å²) < 4.78 is 0. The number of benzene rings is 3. The number of rotatable bonds is 4. The molecule has 146 valence electrons. The minimum absolute atomic E-state index is 0. The summed E-state index contributed by atoms with van der Waals surface area (Å²) in [6.45, 7) is 0.435. The van der Waals surface area contributed by atoms with Crippen molar-refractivity contribution < 1.29 is 4.79 Å². The molecule has 3 aromatic carbocycles. The van der Waals surface area contributed by atoms with Crippen molar-refractivity contribution in [1.82, 2.24) is 10.2 Å². The molecule has 6 nitrogen and oxygen atoms in total. The van der Waals surface area contributed by atoms with Crippen molar-refractivity contribution in [1.29, 1.82) is 0 Å². The smallest absolute Gasteiger partial charge is 0.272 e. The molecule has 0 saturated carbocycles. The first-order valence-electron chi connectivity index (χ1n) is 8.84. The van der Waals surface area contributed by atoms with Crippen LogP contribution in [0.25, 0.3) is 22.0 Å². The molecule has 0 fully saturated rings. The van der Waals surface area contributed by atoms with E-state index < -0.39 is 0 Å². The molecule has 1 amide bonds. The molecule has 0 unspecified atom stereocenters. The summed E-state index contributed by atoms with van der Waals surface area (Å²) in [4.78, 5) is 24.5. The third-order valence-electron chi connectivity index (χ3n) is 4.54. The number of hydrogen-bond donors (Lipinski definition) is 3. The molecule has 0 saturated heterocycles. The van der Waals surface area contributed by atoms with Crippen molar-refractivity contribution in [3.8, 4) is 11.3 Å². The minimum atomic E-state index is -0.232. The first-order chi connectivity index (χ1) is 13.7. The van der Waals surface area contributed by atoms with Gasteiger partial charge in [-0.05, 0) is 35.9 Å². The largest absolute Gasteiger partial charge is 0.326 e. The number of nitrogens with two attached hydrogens (primary N) is 1. The van der Waals surface area contributed by atoms with E-state index in [1.165, 1.54) is 0 Å². The van der Waals surface area contributed by atoms with E-state index in [0.717, 1.165) is 16.5 Å². The Morgan fingerprint density at radius 2 is 1.69 bits per heavy atom. The van der Waals surface area contributed by atoms with Crippen LogP contribution in [0.2, 0.25) is 0 Å². The van der Waals surface area contributed by atoms with Crippen LogP contribution in [0, 0.1) is 0 Å². The lowest BCUT2D eigenvalue weighted by atomic mass is 10.0. The van der Waals surface area contributed by atoms with Gasteiger partial charge in [0.25, 0.3) is 11.5 Å². The fraction of sp³-hybridized carbons (Fsp3) is 0.0455. The lowest BCUT2D eigenvalue weighted by Gasteiger charge is -2.09. The number of carbonyl (C=O) groups is 1. The molecule has 1 aromatic heterocycles. The van der Waals surface area contributed by atoms with Crippen LogP contribution in [0.1, 0.15) is 15.9 Å². The summed E-state index contributed by atoms with van der Waals surface area (Å²) in [5, 5.41) is 11.0. The quantitative estimate of drug-likeness (QED) is 0.480. The highest BCUT2D eigenvalue weighted by Gasteiger charge is 2.10. The van der Waals surface area contributed by atoms with E-state index in [-0.39, 0.29) is 23.9 Å². The zero-order valence-corrected chi connectivity index (χ0v) is 16.2. The number of carbonyl (C=O) groups excluding carboxylic acids is 1. The van der Waals surface area contributed by atoms with E-state index in [9.17, 15) is 9.59 Å². The number of hydrogen-bond acceptors (Lipinski definition) is 4. The van der Waals surface area contributed by atoms with Gasteiger partial charge in [-0.25, -0.2) is 5.10 Å². The Morgan fingerprint density at radius 3 is 2.41 bits per heavy atom. The molecule has 0 aliphatic rings. The molecule has 4 N–H and O–H groups in total. The van der Waals surface area contributed by atoms with Crippen molar-refractivity contribution >= 4 is 34.8 Å². The van der Waals surface area contributed by atoms with E-state index in [4.69, 9.17) is 5.73 Å². The normalized spacial score (nSPS) is 10.4. The number of H-pyrrole nitrogens is 1. The summed E-state index contributed by atoms with van der Waals surface area (Å²) in [6.07, 6.45) is 0. The molecule has 4 rings (SSSR count). The lowest BCUT2D eigenvalue weighted by molar-refractivity contribution is 0.102. The monoisotopic (exact) mass is 406 g/mol. The van der Waals surface area contributed by atoms with Gasteiger partial charge in [-0.15, -0.1) is 12.4 Å². The molecule has 0 bridgehead atoms. The van der Waals surface area contributed by atoms with Crippen LogP contribution >= 0.6 is 12.4 Å². The van der Waals surface area contributed by atoms with E-state index in [2.05, 4.69) is 15.5 Å². The highest BCUT2D eigenvalue weighted by Crippen LogP contribution is 2.26.